The molecule has 3 rings (SSSR count). The maximum atomic E-state index is 12.2. The third-order valence-electron chi connectivity index (χ3n) is 4.79. The zero-order valence-electron chi connectivity index (χ0n) is 13.6. The number of aliphatic hydroxyl groups excluding tert-OH is 1. The molecule has 23 heavy (non-hydrogen) atoms. The van der Waals surface area contributed by atoms with Crippen LogP contribution in [0, 0.1) is 5.92 Å². The number of hydrogen-bond donors (Lipinski definition) is 1. The molecule has 0 radical (unpaired) electrons. The van der Waals surface area contributed by atoms with Gasteiger partial charge in [0.1, 0.15) is 18.5 Å². The fourth-order valence-corrected chi connectivity index (χ4v) is 3.12. The van der Waals surface area contributed by atoms with Crippen LogP contribution in [0.4, 0.5) is 0 Å². The van der Waals surface area contributed by atoms with Gasteiger partial charge in [-0.15, -0.1) is 0 Å². The predicted molar refractivity (Wildman–Crippen MR) is 88.3 cm³/mol. The zero-order chi connectivity index (χ0) is 16.1. The number of carbonyl (C=O) groups excluding carboxylic acids is 1. The van der Waals surface area contributed by atoms with Gasteiger partial charge in [0.2, 0.25) is 5.91 Å². The van der Waals surface area contributed by atoms with Gasteiger partial charge in [0.15, 0.2) is 0 Å². The number of ether oxygens (including phenoxy) is 1. The number of hydrogen-bond acceptors (Lipinski definition) is 4. The van der Waals surface area contributed by atoms with E-state index in [-0.39, 0.29) is 5.92 Å². The molecule has 2 fully saturated rings. The molecular weight excluding hydrogens is 292 g/mol. The van der Waals surface area contributed by atoms with Crippen molar-refractivity contribution in [2.24, 2.45) is 5.92 Å². The van der Waals surface area contributed by atoms with Crippen LogP contribution in [0.25, 0.3) is 0 Å². The van der Waals surface area contributed by atoms with Gasteiger partial charge < -0.3 is 14.7 Å². The second-order valence-corrected chi connectivity index (χ2v) is 6.53. The van der Waals surface area contributed by atoms with Gasteiger partial charge in [-0.05, 0) is 25.0 Å². The first kappa shape index (κ1) is 16.3. The maximum Gasteiger partial charge on any atom is 0.225 e. The Hall–Kier alpha value is -1.59. The van der Waals surface area contributed by atoms with E-state index in [0.717, 1.165) is 44.8 Å². The molecule has 1 saturated carbocycles. The zero-order valence-corrected chi connectivity index (χ0v) is 13.6. The molecule has 0 spiro atoms. The van der Waals surface area contributed by atoms with E-state index < -0.39 is 6.10 Å². The molecule has 1 aromatic rings. The Morgan fingerprint density at radius 3 is 2.48 bits per heavy atom. The highest BCUT2D eigenvalue weighted by Gasteiger charge is 2.31. The minimum Gasteiger partial charge on any atom is -0.491 e. The molecule has 2 aliphatic rings. The van der Waals surface area contributed by atoms with Crippen molar-refractivity contribution in [1.82, 2.24) is 9.80 Å². The van der Waals surface area contributed by atoms with Crippen LogP contribution in [-0.4, -0.2) is 66.2 Å². The summed E-state index contributed by atoms with van der Waals surface area (Å²) in [6.45, 7) is 4.12. The first-order valence-electron chi connectivity index (χ1n) is 8.59. The average Bonchev–Trinajstić information content (AvgIpc) is 2.53. The van der Waals surface area contributed by atoms with Crippen molar-refractivity contribution in [3.05, 3.63) is 30.3 Å². The van der Waals surface area contributed by atoms with Gasteiger partial charge in [0, 0.05) is 38.6 Å². The fourth-order valence-electron chi connectivity index (χ4n) is 3.12. The molecule has 0 aromatic heterocycles. The molecule has 1 saturated heterocycles. The van der Waals surface area contributed by atoms with Crippen LogP contribution in [0.2, 0.25) is 0 Å². The number of rotatable bonds is 6. The normalized spacial score (nSPS) is 20.8. The largest absolute Gasteiger partial charge is 0.491 e. The van der Waals surface area contributed by atoms with Crippen molar-refractivity contribution >= 4 is 5.91 Å². The summed E-state index contributed by atoms with van der Waals surface area (Å²) >= 11 is 0. The summed E-state index contributed by atoms with van der Waals surface area (Å²) < 4.78 is 5.58. The van der Waals surface area contributed by atoms with Gasteiger partial charge in [-0.3, -0.25) is 9.69 Å². The Morgan fingerprint density at radius 1 is 1.17 bits per heavy atom. The maximum absolute atomic E-state index is 12.2. The Kier molecular flexibility index (Phi) is 5.51. The Bertz CT molecular complexity index is 496. The van der Waals surface area contributed by atoms with Crippen LogP contribution in [0.3, 0.4) is 0 Å². The molecule has 1 N–H and O–H groups in total. The fraction of sp³-hybridized carbons (Fsp3) is 0.611. The monoisotopic (exact) mass is 318 g/mol. The molecule has 0 bridgehead atoms. The first-order valence-corrected chi connectivity index (χ1v) is 8.59. The van der Waals surface area contributed by atoms with Crippen LogP contribution < -0.4 is 4.74 Å². The molecular formula is C18H26N2O3. The van der Waals surface area contributed by atoms with E-state index in [1.54, 1.807) is 0 Å². The summed E-state index contributed by atoms with van der Waals surface area (Å²) in [6.07, 6.45) is 2.82. The smallest absolute Gasteiger partial charge is 0.225 e. The molecule has 1 heterocycles. The van der Waals surface area contributed by atoms with E-state index in [4.69, 9.17) is 4.74 Å². The molecule has 1 amide bonds. The number of nitrogens with zero attached hydrogens (tertiary/aromatic N) is 2. The van der Waals surface area contributed by atoms with E-state index in [2.05, 4.69) is 4.90 Å². The van der Waals surface area contributed by atoms with E-state index in [9.17, 15) is 9.90 Å². The van der Waals surface area contributed by atoms with Crippen LogP contribution in [0.15, 0.2) is 30.3 Å². The lowest BCUT2D eigenvalue weighted by atomic mass is 9.84. The minimum absolute atomic E-state index is 0.284. The summed E-state index contributed by atoms with van der Waals surface area (Å²) in [5, 5.41) is 10.1. The van der Waals surface area contributed by atoms with E-state index in [0.29, 0.717) is 19.1 Å². The lowest BCUT2D eigenvalue weighted by molar-refractivity contribution is -0.140. The average molecular weight is 318 g/mol. The summed E-state index contributed by atoms with van der Waals surface area (Å²) in [6, 6.07) is 9.54. The van der Waals surface area contributed by atoms with Gasteiger partial charge in [-0.1, -0.05) is 24.6 Å². The standard InChI is InChI=1S/C18H26N2O3/c21-16(14-23-17-7-2-1-3-8-17)13-19-9-11-20(12-10-19)18(22)15-5-4-6-15/h1-3,7-8,15-16,21H,4-6,9-14H2/t16-/m0/s1. The number of benzene rings is 1. The summed E-state index contributed by atoms with van der Waals surface area (Å²) in [5.74, 6) is 1.40. The number of aliphatic hydroxyl groups is 1. The van der Waals surface area contributed by atoms with Crippen molar-refractivity contribution in [3.8, 4) is 5.75 Å². The summed E-state index contributed by atoms with van der Waals surface area (Å²) in [4.78, 5) is 16.4. The van der Waals surface area contributed by atoms with Gasteiger partial charge >= 0.3 is 0 Å². The Labute approximate surface area is 137 Å². The van der Waals surface area contributed by atoms with Crippen LogP contribution in [-0.2, 0) is 4.79 Å². The minimum atomic E-state index is -0.510. The second-order valence-electron chi connectivity index (χ2n) is 6.53. The van der Waals surface area contributed by atoms with Crippen LogP contribution in [0.5, 0.6) is 5.75 Å². The Balaban J connectivity index is 1.35. The quantitative estimate of drug-likeness (QED) is 0.861. The molecule has 1 aromatic carbocycles. The highest BCUT2D eigenvalue weighted by Crippen LogP contribution is 2.28. The SMILES string of the molecule is O=C(C1CCC1)N1CCN(C[C@H](O)COc2ccccc2)CC1. The van der Waals surface area contributed by atoms with Crippen molar-refractivity contribution in [1.29, 1.82) is 0 Å². The molecule has 1 atom stereocenters. The third-order valence-corrected chi connectivity index (χ3v) is 4.79. The number of β-amino-alcohol motifs (C(OH)–C–C–N with tert-alkyl or cyclic N) is 1. The first-order chi connectivity index (χ1) is 11.2. The Morgan fingerprint density at radius 2 is 1.87 bits per heavy atom. The second kappa shape index (κ2) is 7.79. The number of amides is 1. The van der Waals surface area contributed by atoms with Crippen LogP contribution >= 0.6 is 0 Å². The highest BCUT2D eigenvalue weighted by molar-refractivity contribution is 5.79. The summed E-state index contributed by atoms with van der Waals surface area (Å²) in [5.41, 5.74) is 0. The van der Waals surface area contributed by atoms with Crippen molar-refractivity contribution < 1.29 is 14.6 Å². The molecule has 1 aliphatic carbocycles. The molecule has 5 nitrogen and oxygen atoms in total. The van der Waals surface area contributed by atoms with Gasteiger partial charge in [0.05, 0.1) is 0 Å². The highest BCUT2D eigenvalue weighted by atomic mass is 16.5. The van der Waals surface area contributed by atoms with Crippen molar-refractivity contribution in [2.75, 3.05) is 39.3 Å². The topological polar surface area (TPSA) is 53.0 Å². The predicted octanol–water partition coefficient (Wildman–Crippen LogP) is 1.37. The lowest BCUT2D eigenvalue weighted by Crippen LogP contribution is -2.52. The number of carbonyl (C=O) groups is 1. The molecule has 0 unspecified atom stereocenters. The molecule has 1 aliphatic heterocycles. The van der Waals surface area contributed by atoms with Crippen LogP contribution in [0.1, 0.15) is 19.3 Å². The van der Waals surface area contributed by atoms with Gasteiger partial charge in [0.25, 0.3) is 0 Å². The molecule has 126 valence electrons. The van der Waals surface area contributed by atoms with E-state index in [1.807, 2.05) is 35.2 Å². The number of para-hydroxylation sites is 1. The number of piperazine rings is 1. The van der Waals surface area contributed by atoms with Crippen molar-refractivity contribution in [3.63, 3.8) is 0 Å². The van der Waals surface area contributed by atoms with Gasteiger partial charge in [-0.2, -0.15) is 0 Å². The van der Waals surface area contributed by atoms with Gasteiger partial charge in [-0.25, -0.2) is 0 Å². The van der Waals surface area contributed by atoms with E-state index >= 15 is 0 Å². The van der Waals surface area contributed by atoms with Crippen molar-refractivity contribution in [2.45, 2.75) is 25.4 Å². The van der Waals surface area contributed by atoms with E-state index in [1.165, 1.54) is 6.42 Å². The lowest BCUT2D eigenvalue weighted by Gasteiger charge is -2.38. The summed E-state index contributed by atoms with van der Waals surface area (Å²) in [7, 11) is 0. The third kappa shape index (κ3) is 4.45. The molecule has 5 heteroatoms.